The van der Waals surface area contributed by atoms with Gasteiger partial charge in [0.1, 0.15) is 24.5 Å². The summed E-state index contributed by atoms with van der Waals surface area (Å²) in [5, 5.41) is 0.400. The molecule has 0 unspecified atom stereocenters. The third-order valence-electron chi connectivity index (χ3n) is 7.91. The maximum Gasteiger partial charge on any atom is 0.306 e. The Morgan fingerprint density at radius 1 is 0.571 bits per heavy atom. The van der Waals surface area contributed by atoms with E-state index in [1.165, 1.54) is 0 Å². The van der Waals surface area contributed by atoms with Crippen LogP contribution < -0.4 is 14.9 Å². The Bertz CT molecular complexity index is 1820. The predicted molar refractivity (Wildman–Crippen MR) is 188 cm³/mol. The molecule has 0 atom stereocenters. The van der Waals surface area contributed by atoms with E-state index >= 15 is 0 Å². The van der Waals surface area contributed by atoms with Gasteiger partial charge in [-0.05, 0) is 61.8 Å². The molecule has 0 aliphatic heterocycles. The van der Waals surface area contributed by atoms with Crippen molar-refractivity contribution < 1.29 is 33.0 Å². The largest absolute Gasteiger partial charge is 0.493 e. The molecule has 0 radical (unpaired) electrons. The Morgan fingerprint density at radius 3 is 1.67 bits per heavy atom. The minimum absolute atomic E-state index is 0.164. The van der Waals surface area contributed by atoms with E-state index in [0.717, 1.165) is 36.0 Å². The van der Waals surface area contributed by atoms with Crippen molar-refractivity contribution in [3.63, 3.8) is 0 Å². The molecular formula is C41H42O8. The van der Waals surface area contributed by atoms with Crippen molar-refractivity contribution in [3.8, 4) is 22.8 Å². The van der Waals surface area contributed by atoms with Gasteiger partial charge < -0.3 is 23.4 Å². The van der Waals surface area contributed by atoms with Crippen LogP contribution in [0.2, 0.25) is 0 Å². The minimum Gasteiger partial charge on any atom is -0.493 e. The van der Waals surface area contributed by atoms with Gasteiger partial charge in [-0.15, -0.1) is 0 Å². The lowest BCUT2D eigenvalue weighted by molar-refractivity contribution is -0.146. The van der Waals surface area contributed by atoms with Crippen molar-refractivity contribution in [3.05, 3.63) is 131 Å². The van der Waals surface area contributed by atoms with Gasteiger partial charge in [0.25, 0.3) is 0 Å². The van der Waals surface area contributed by atoms with E-state index in [1.807, 2.05) is 91.0 Å². The summed E-state index contributed by atoms with van der Waals surface area (Å²) in [5.41, 5.74) is 2.81. The number of esters is 2. The molecule has 0 fully saturated rings. The predicted octanol–water partition coefficient (Wildman–Crippen LogP) is 8.83. The number of benzene rings is 4. The Balaban J connectivity index is 1.09. The molecule has 0 saturated carbocycles. The second kappa shape index (κ2) is 18.8. The van der Waals surface area contributed by atoms with Crippen molar-refractivity contribution >= 4 is 22.9 Å². The SMILES string of the molecule is O=C(CCCCCOc1ccc2c(=O)c(OCCCCCC(=O)OCc3ccccc3)c(-c3ccccc3)oc2c1)OCc1ccccc1. The molecule has 49 heavy (non-hydrogen) atoms. The van der Waals surface area contributed by atoms with Crippen LogP contribution in [0.5, 0.6) is 11.5 Å². The summed E-state index contributed by atoms with van der Waals surface area (Å²) >= 11 is 0. The molecular weight excluding hydrogens is 620 g/mol. The number of rotatable bonds is 19. The maximum absolute atomic E-state index is 13.6. The molecule has 0 saturated heterocycles. The minimum atomic E-state index is -0.254. The number of fused-ring (bicyclic) bond motifs is 1. The molecule has 4 aromatic carbocycles. The zero-order chi connectivity index (χ0) is 34.1. The zero-order valence-electron chi connectivity index (χ0n) is 27.6. The average molecular weight is 663 g/mol. The molecule has 0 spiro atoms. The summed E-state index contributed by atoms with van der Waals surface area (Å²) in [6.07, 6.45) is 5.08. The lowest BCUT2D eigenvalue weighted by Crippen LogP contribution is -2.11. The first-order valence-corrected chi connectivity index (χ1v) is 16.9. The molecule has 0 N–H and O–H groups in total. The second-order valence-corrected chi connectivity index (χ2v) is 11.7. The molecule has 254 valence electrons. The van der Waals surface area contributed by atoms with Crippen LogP contribution in [0.25, 0.3) is 22.3 Å². The average Bonchev–Trinajstić information content (AvgIpc) is 3.14. The standard InChI is InChI=1S/C41H42O8/c42-37(47-29-31-16-6-1-7-17-31)22-12-4-14-26-45-34-24-25-35-36(28-34)49-40(33-20-10-3-11-21-33)41(39(35)44)46-27-15-5-13-23-38(43)48-30-32-18-8-2-9-19-32/h1-3,6-11,16-21,24-25,28H,4-5,12-15,22-23,26-27,29-30H2. The summed E-state index contributed by atoms with van der Waals surface area (Å²) in [5.74, 6) is 0.679. The molecule has 0 aliphatic carbocycles. The number of hydrogen-bond donors (Lipinski definition) is 0. The molecule has 0 amide bonds. The summed E-state index contributed by atoms with van der Waals surface area (Å²) in [6.45, 7) is 1.33. The van der Waals surface area contributed by atoms with E-state index in [4.69, 9.17) is 23.4 Å². The normalized spacial score (nSPS) is 10.9. The van der Waals surface area contributed by atoms with Crippen molar-refractivity contribution in [2.75, 3.05) is 13.2 Å². The lowest BCUT2D eigenvalue weighted by atomic mass is 10.1. The van der Waals surface area contributed by atoms with Crippen LogP contribution in [0.15, 0.2) is 118 Å². The first kappa shape index (κ1) is 35.0. The first-order chi connectivity index (χ1) is 24.1. The quantitative estimate of drug-likeness (QED) is 0.0639. The zero-order valence-corrected chi connectivity index (χ0v) is 27.6. The van der Waals surface area contributed by atoms with Gasteiger partial charge >= 0.3 is 11.9 Å². The fourth-order valence-corrected chi connectivity index (χ4v) is 5.24. The Morgan fingerprint density at radius 2 is 1.10 bits per heavy atom. The van der Waals surface area contributed by atoms with Crippen molar-refractivity contribution in [2.45, 2.75) is 64.6 Å². The molecule has 8 heteroatoms. The van der Waals surface area contributed by atoms with Crippen LogP contribution in [0.4, 0.5) is 0 Å². The highest BCUT2D eigenvalue weighted by Gasteiger charge is 2.18. The fourth-order valence-electron chi connectivity index (χ4n) is 5.24. The highest BCUT2D eigenvalue weighted by molar-refractivity contribution is 5.83. The van der Waals surface area contributed by atoms with Gasteiger partial charge in [0.2, 0.25) is 11.2 Å². The van der Waals surface area contributed by atoms with Crippen molar-refractivity contribution in [1.82, 2.24) is 0 Å². The Hall–Kier alpha value is -5.37. The first-order valence-electron chi connectivity index (χ1n) is 16.9. The summed E-state index contributed by atoms with van der Waals surface area (Å²) in [6, 6.07) is 33.8. The highest BCUT2D eigenvalue weighted by Crippen LogP contribution is 2.32. The number of hydrogen-bond acceptors (Lipinski definition) is 8. The molecule has 5 aromatic rings. The second-order valence-electron chi connectivity index (χ2n) is 11.7. The molecule has 0 bridgehead atoms. The van der Waals surface area contributed by atoms with Gasteiger partial charge in [-0.2, -0.15) is 0 Å². The van der Waals surface area contributed by atoms with Gasteiger partial charge in [0.15, 0.2) is 5.76 Å². The van der Waals surface area contributed by atoms with Gasteiger partial charge in [-0.25, -0.2) is 0 Å². The van der Waals surface area contributed by atoms with Crippen LogP contribution in [-0.2, 0) is 32.3 Å². The van der Waals surface area contributed by atoms with E-state index in [0.29, 0.717) is 67.8 Å². The van der Waals surface area contributed by atoms with Crippen LogP contribution >= 0.6 is 0 Å². The van der Waals surface area contributed by atoms with Crippen LogP contribution in [-0.4, -0.2) is 25.2 Å². The summed E-state index contributed by atoms with van der Waals surface area (Å²) in [7, 11) is 0. The Labute approximate surface area is 286 Å². The van der Waals surface area contributed by atoms with Gasteiger partial charge in [-0.1, -0.05) is 91.0 Å². The number of carbonyl (C=O) groups is 2. The number of carbonyl (C=O) groups excluding carboxylic acids is 2. The van der Waals surface area contributed by atoms with E-state index in [2.05, 4.69) is 0 Å². The van der Waals surface area contributed by atoms with Gasteiger partial charge in [0.05, 0.1) is 18.6 Å². The third kappa shape index (κ3) is 11.1. The molecule has 1 heterocycles. The lowest BCUT2D eigenvalue weighted by Gasteiger charge is -2.13. The molecule has 0 aliphatic rings. The molecule has 1 aromatic heterocycles. The van der Waals surface area contributed by atoms with E-state index < -0.39 is 0 Å². The molecule has 5 rings (SSSR count). The summed E-state index contributed by atoms with van der Waals surface area (Å²) < 4.78 is 29.0. The molecule has 8 nitrogen and oxygen atoms in total. The summed E-state index contributed by atoms with van der Waals surface area (Å²) in [4.78, 5) is 37.8. The van der Waals surface area contributed by atoms with Crippen LogP contribution in [0.1, 0.15) is 62.5 Å². The van der Waals surface area contributed by atoms with Crippen LogP contribution in [0.3, 0.4) is 0 Å². The Kier molecular flexibility index (Phi) is 13.4. The van der Waals surface area contributed by atoms with E-state index in [1.54, 1.807) is 18.2 Å². The topological polar surface area (TPSA) is 101 Å². The maximum atomic E-state index is 13.6. The monoisotopic (exact) mass is 662 g/mol. The van der Waals surface area contributed by atoms with Crippen LogP contribution in [0, 0.1) is 0 Å². The van der Waals surface area contributed by atoms with Crippen molar-refractivity contribution in [1.29, 1.82) is 0 Å². The number of unbranched alkanes of at least 4 members (excludes halogenated alkanes) is 4. The highest BCUT2D eigenvalue weighted by atomic mass is 16.5. The van der Waals surface area contributed by atoms with Gasteiger partial charge in [0, 0.05) is 24.5 Å². The van der Waals surface area contributed by atoms with Crippen molar-refractivity contribution in [2.24, 2.45) is 0 Å². The smallest absolute Gasteiger partial charge is 0.306 e. The fraction of sp³-hybridized carbons (Fsp3) is 0.293. The third-order valence-corrected chi connectivity index (χ3v) is 7.91. The van der Waals surface area contributed by atoms with Gasteiger partial charge in [-0.3, -0.25) is 14.4 Å². The van der Waals surface area contributed by atoms with E-state index in [-0.39, 0.29) is 36.3 Å². The number of ether oxygens (including phenoxy) is 4. The van der Waals surface area contributed by atoms with E-state index in [9.17, 15) is 14.4 Å².